The van der Waals surface area contributed by atoms with Crippen molar-refractivity contribution in [1.82, 2.24) is 0 Å². The molecule has 0 fully saturated rings. The summed E-state index contributed by atoms with van der Waals surface area (Å²) in [6, 6.07) is 4.02. The topological polar surface area (TPSA) is 89.2 Å². The molecular weight excluding hydrogens is 312 g/mol. The Labute approximate surface area is 139 Å². The van der Waals surface area contributed by atoms with Crippen molar-refractivity contribution < 1.29 is 13.9 Å². The van der Waals surface area contributed by atoms with Crippen LogP contribution in [0, 0.1) is 18.3 Å². The van der Waals surface area contributed by atoms with E-state index in [2.05, 4.69) is 6.07 Å². The highest BCUT2D eigenvalue weighted by atomic mass is 32.2. The number of rotatable bonds is 3. The number of aryl methyl sites for hydroxylation is 1. The third-order valence-corrected chi connectivity index (χ3v) is 4.91. The summed E-state index contributed by atoms with van der Waals surface area (Å²) in [4.78, 5) is 12.5. The van der Waals surface area contributed by atoms with E-state index in [9.17, 15) is 10.1 Å². The minimum atomic E-state index is -0.483. The maximum Gasteiger partial charge on any atom is 0.205 e. The van der Waals surface area contributed by atoms with Crippen molar-refractivity contribution in [2.24, 2.45) is 5.73 Å². The summed E-state index contributed by atoms with van der Waals surface area (Å²) in [7, 11) is 0. The second-order valence-corrected chi connectivity index (χ2v) is 6.81. The number of thioether (sulfide) groups is 1. The van der Waals surface area contributed by atoms with Crippen LogP contribution in [-0.4, -0.2) is 11.5 Å². The number of furan rings is 1. The zero-order chi connectivity index (χ0) is 16.6. The van der Waals surface area contributed by atoms with Crippen molar-refractivity contribution in [2.45, 2.75) is 44.1 Å². The summed E-state index contributed by atoms with van der Waals surface area (Å²) in [5.41, 5.74) is 7.65. The van der Waals surface area contributed by atoms with Crippen LogP contribution in [0.25, 0.3) is 0 Å². The van der Waals surface area contributed by atoms with Gasteiger partial charge in [-0.2, -0.15) is 5.26 Å². The van der Waals surface area contributed by atoms with E-state index in [0.29, 0.717) is 24.2 Å². The minimum absolute atomic E-state index is 0.0304. The molecule has 1 unspecified atom stereocenters. The smallest absolute Gasteiger partial charge is 0.205 e. The van der Waals surface area contributed by atoms with Gasteiger partial charge in [-0.05, 0) is 25.2 Å². The van der Waals surface area contributed by atoms with Crippen molar-refractivity contribution in [3.05, 3.63) is 40.2 Å². The monoisotopic (exact) mass is 330 g/mol. The molecule has 1 aliphatic heterocycles. The minimum Gasteiger partial charge on any atom is -0.455 e. The average Bonchev–Trinajstić information content (AvgIpc) is 2.87. The summed E-state index contributed by atoms with van der Waals surface area (Å²) in [5, 5.41) is 10.3. The third-order valence-electron chi connectivity index (χ3n) is 4.04. The Morgan fingerprint density at radius 2 is 2.26 bits per heavy atom. The predicted octanol–water partition coefficient (Wildman–Crippen LogP) is 3.51. The van der Waals surface area contributed by atoms with Gasteiger partial charge in [-0.1, -0.05) is 18.7 Å². The molecule has 120 valence electrons. The van der Waals surface area contributed by atoms with E-state index in [1.807, 2.05) is 19.9 Å². The fraction of sp³-hybridized carbons (Fsp3) is 0.412. The number of ether oxygens (including phenoxy) is 1. The molecule has 0 aromatic carbocycles. The van der Waals surface area contributed by atoms with Crippen molar-refractivity contribution in [2.75, 3.05) is 5.75 Å². The Balaban J connectivity index is 2.19. The van der Waals surface area contributed by atoms with Gasteiger partial charge in [0.15, 0.2) is 10.9 Å². The number of carbonyl (C=O) groups excluding carboxylic acids is 1. The Hall–Kier alpha value is -2.13. The van der Waals surface area contributed by atoms with Crippen LogP contribution >= 0.6 is 11.8 Å². The lowest BCUT2D eigenvalue weighted by atomic mass is 9.78. The number of ketones is 1. The van der Waals surface area contributed by atoms with Crippen LogP contribution < -0.4 is 5.73 Å². The lowest BCUT2D eigenvalue weighted by Crippen LogP contribution is -2.27. The van der Waals surface area contributed by atoms with E-state index in [4.69, 9.17) is 14.9 Å². The third kappa shape index (κ3) is 2.66. The molecule has 2 aliphatic rings. The molecule has 0 bridgehead atoms. The van der Waals surface area contributed by atoms with E-state index in [1.54, 1.807) is 11.8 Å². The number of hydrogen-bond acceptors (Lipinski definition) is 6. The second-order valence-electron chi connectivity index (χ2n) is 5.57. The molecule has 23 heavy (non-hydrogen) atoms. The summed E-state index contributed by atoms with van der Waals surface area (Å²) in [6.07, 6.45) is 1.90. The first kappa shape index (κ1) is 15.8. The highest BCUT2D eigenvalue weighted by Gasteiger charge is 2.39. The van der Waals surface area contributed by atoms with Gasteiger partial charge in [0.2, 0.25) is 5.88 Å². The average molecular weight is 330 g/mol. The Morgan fingerprint density at radius 1 is 1.48 bits per heavy atom. The molecule has 2 N–H and O–H groups in total. The number of Topliss-reactive ketones (excluding diaryl/α,β-unsaturated/α-hetero) is 1. The molecule has 1 atom stereocenters. The van der Waals surface area contributed by atoms with Crippen molar-refractivity contribution in [3.8, 4) is 6.07 Å². The fourth-order valence-electron chi connectivity index (χ4n) is 3.12. The summed E-state index contributed by atoms with van der Waals surface area (Å²) < 4.78 is 11.3. The fourth-order valence-corrected chi connectivity index (χ4v) is 3.92. The molecule has 0 radical (unpaired) electrons. The second kappa shape index (κ2) is 6.17. The first-order chi connectivity index (χ1) is 11.1. The Bertz CT molecular complexity index is 767. The molecule has 2 heterocycles. The van der Waals surface area contributed by atoms with E-state index in [0.717, 1.165) is 28.6 Å². The van der Waals surface area contributed by atoms with Crippen LogP contribution in [0.2, 0.25) is 0 Å². The van der Waals surface area contributed by atoms with Gasteiger partial charge in [0.25, 0.3) is 0 Å². The first-order valence-electron chi connectivity index (χ1n) is 7.63. The zero-order valence-corrected chi connectivity index (χ0v) is 14.0. The van der Waals surface area contributed by atoms with Gasteiger partial charge in [0, 0.05) is 24.0 Å². The number of allylic oxidation sites excluding steroid dienone is 3. The normalized spacial score (nSPS) is 21.1. The maximum atomic E-state index is 12.5. The van der Waals surface area contributed by atoms with Crippen LogP contribution in [0.5, 0.6) is 0 Å². The maximum absolute atomic E-state index is 12.5. The number of hydrogen-bond donors (Lipinski definition) is 1. The van der Waals surface area contributed by atoms with Crippen LogP contribution in [0.1, 0.15) is 43.4 Å². The van der Waals surface area contributed by atoms with Gasteiger partial charge in [-0.25, -0.2) is 0 Å². The van der Waals surface area contributed by atoms with Crippen LogP contribution in [0.4, 0.5) is 0 Å². The number of nitriles is 1. The molecule has 0 saturated heterocycles. The van der Waals surface area contributed by atoms with E-state index in [1.165, 1.54) is 0 Å². The molecule has 0 spiro atoms. The number of nitrogens with zero attached hydrogens (tertiary/aromatic N) is 1. The highest BCUT2D eigenvalue weighted by Crippen LogP contribution is 2.46. The van der Waals surface area contributed by atoms with Gasteiger partial charge in [0.05, 0.1) is 5.92 Å². The molecule has 0 saturated carbocycles. The summed E-state index contributed by atoms with van der Waals surface area (Å²) >= 11 is 1.56. The van der Waals surface area contributed by atoms with Gasteiger partial charge >= 0.3 is 0 Å². The van der Waals surface area contributed by atoms with Crippen molar-refractivity contribution in [3.63, 3.8) is 0 Å². The van der Waals surface area contributed by atoms with E-state index >= 15 is 0 Å². The van der Waals surface area contributed by atoms with Crippen LogP contribution in [-0.2, 0) is 9.53 Å². The Kier molecular flexibility index (Phi) is 4.22. The van der Waals surface area contributed by atoms with Gasteiger partial charge in [0.1, 0.15) is 23.2 Å². The molecule has 0 amide bonds. The lowest BCUT2D eigenvalue weighted by Gasteiger charge is -2.30. The van der Waals surface area contributed by atoms with E-state index < -0.39 is 5.92 Å². The lowest BCUT2D eigenvalue weighted by molar-refractivity contribution is -0.116. The summed E-state index contributed by atoms with van der Waals surface area (Å²) in [5.74, 6) is 1.84. The molecule has 3 rings (SSSR count). The van der Waals surface area contributed by atoms with Crippen molar-refractivity contribution in [1.29, 1.82) is 5.26 Å². The van der Waals surface area contributed by atoms with Gasteiger partial charge in [-0.15, -0.1) is 0 Å². The van der Waals surface area contributed by atoms with Gasteiger partial charge < -0.3 is 14.9 Å². The SMILES string of the molecule is CCSc1oc(C)cc1C1C(C#N)=C(N)OC2=C1C(=O)CCC2. The molecule has 1 aromatic heterocycles. The van der Waals surface area contributed by atoms with Gasteiger partial charge in [-0.3, -0.25) is 4.79 Å². The predicted molar refractivity (Wildman–Crippen MR) is 86.4 cm³/mol. The largest absolute Gasteiger partial charge is 0.455 e. The molecule has 1 aliphatic carbocycles. The summed E-state index contributed by atoms with van der Waals surface area (Å²) in [6.45, 7) is 3.89. The molecule has 6 heteroatoms. The van der Waals surface area contributed by atoms with Crippen molar-refractivity contribution >= 4 is 17.5 Å². The molecule has 5 nitrogen and oxygen atoms in total. The number of nitrogens with two attached hydrogens (primary N) is 1. The standard InChI is InChI=1S/C17H18N2O3S/c1-3-23-17-10(7-9(2)21-17)14-11(8-18)16(19)22-13-6-4-5-12(20)15(13)14/h7,14H,3-6,19H2,1-2H3. The Morgan fingerprint density at radius 3 is 2.96 bits per heavy atom. The molecule has 1 aromatic rings. The highest BCUT2D eigenvalue weighted by molar-refractivity contribution is 7.99. The number of carbonyl (C=O) groups is 1. The quantitative estimate of drug-likeness (QED) is 0.853. The van der Waals surface area contributed by atoms with Crippen LogP contribution in [0.3, 0.4) is 0 Å². The van der Waals surface area contributed by atoms with Crippen LogP contribution in [0.15, 0.2) is 38.4 Å². The first-order valence-corrected chi connectivity index (χ1v) is 8.62. The zero-order valence-electron chi connectivity index (χ0n) is 13.1. The molecular formula is C17H18N2O3S. The van der Waals surface area contributed by atoms with E-state index in [-0.39, 0.29) is 17.2 Å².